The molecule has 0 atom stereocenters. The molecule has 18 heavy (non-hydrogen) atoms. The molecular weight excluding hydrogens is 250 g/mol. The molecule has 2 rings (SSSR count). The van der Waals surface area contributed by atoms with Crippen LogP contribution in [0.5, 0.6) is 0 Å². The third kappa shape index (κ3) is 3.07. The fourth-order valence-corrected chi connectivity index (χ4v) is 2.01. The van der Waals surface area contributed by atoms with Gasteiger partial charge in [-0.15, -0.1) is 11.8 Å². The highest BCUT2D eigenvalue weighted by Crippen LogP contribution is 2.16. The molecule has 0 bridgehead atoms. The van der Waals surface area contributed by atoms with Gasteiger partial charge in [0.05, 0.1) is 5.56 Å². The van der Waals surface area contributed by atoms with Crippen molar-refractivity contribution in [3.05, 3.63) is 36.0 Å². The maximum Gasteiger partial charge on any atom is 0.254 e. The highest BCUT2D eigenvalue weighted by atomic mass is 32.2. The Kier molecular flexibility index (Phi) is 4.30. The number of nitrogens with zero attached hydrogens (tertiary/aromatic N) is 3. The van der Waals surface area contributed by atoms with Crippen LogP contribution in [-0.4, -0.2) is 38.9 Å². The summed E-state index contributed by atoms with van der Waals surface area (Å²) in [5, 5.41) is 10.1. The summed E-state index contributed by atoms with van der Waals surface area (Å²) in [6.45, 7) is 0.511. The molecule has 0 aliphatic carbocycles. The Morgan fingerprint density at radius 1 is 1.50 bits per heavy atom. The Hall–Kier alpha value is -1.89. The lowest BCUT2D eigenvalue weighted by Gasteiger charge is -2.06. The number of thioether (sulfide) groups is 1. The first kappa shape index (κ1) is 12.6. The molecule has 0 aliphatic rings. The molecule has 0 aliphatic heterocycles. The SMILES string of the molecule is CSc1ncccc1C(=O)NCCc1ncn[nH]1. The molecule has 2 aromatic heterocycles. The largest absolute Gasteiger partial charge is 0.352 e. The fourth-order valence-electron chi connectivity index (χ4n) is 1.47. The molecule has 0 spiro atoms. The van der Waals surface area contributed by atoms with Crippen LogP contribution in [-0.2, 0) is 6.42 Å². The topological polar surface area (TPSA) is 83.6 Å². The molecule has 0 aromatic carbocycles. The molecule has 0 fully saturated rings. The summed E-state index contributed by atoms with van der Waals surface area (Å²) < 4.78 is 0. The number of pyridine rings is 1. The van der Waals surface area contributed by atoms with Gasteiger partial charge in [0.25, 0.3) is 5.91 Å². The summed E-state index contributed by atoms with van der Waals surface area (Å²) in [4.78, 5) is 20.1. The van der Waals surface area contributed by atoms with Crippen LogP contribution in [0.1, 0.15) is 16.2 Å². The van der Waals surface area contributed by atoms with E-state index in [-0.39, 0.29) is 5.91 Å². The van der Waals surface area contributed by atoms with Crippen molar-refractivity contribution in [1.29, 1.82) is 0 Å². The zero-order valence-electron chi connectivity index (χ0n) is 9.88. The van der Waals surface area contributed by atoms with Gasteiger partial charge >= 0.3 is 0 Å². The van der Waals surface area contributed by atoms with Crippen LogP contribution in [0.3, 0.4) is 0 Å². The Bertz CT molecular complexity index is 514. The van der Waals surface area contributed by atoms with Gasteiger partial charge in [-0.3, -0.25) is 9.89 Å². The normalized spacial score (nSPS) is 10.3. The molecule has 0 saturated heterocycles. The summed E-state index contributed by atoms with van der Waals surface area (Å²) in [5.41, 5.74) is 0.600. The highest BCUT2D eigenvalue weighted by molar-refractivity contribution is 7.98. The number of amides is 1. The molecule has 7 heteroatoms. The van der Waals surface area contributed by atoms with Crippen molar-refractivity contribution in [2.45, 2.75) is 11.4 Å². The number of aromatic amines is 1. The average molecular weight is 263 g/mol. The maximum atomic E-state index is 11.9. The van der Waals surface area contributed by atoms with Gasteiger partial charge in [-0.2, -0.15) is 5.10 Å². The van der Waals surface area contributed by atoms with Gasteiger partial charge in [0.2, 0.25) is 0 Å². The van der Waals surface area contributed by atoms with Crippen molar-refractivity contribution >= 4 is 17.7 Å². The lowest BCUT2D eigenvalue weighted by Crippen LogP contribution is -2.26. The minimum atomic E-state index is -0.119. The summed E-state index contributed by atoms with van der Waals surface area (Å²) in [6.07, 6.45) is 5.65. The number of carbonyl (C=O) groups is 1. The first-order valence-corrected chi connectivity index (χ1v) is 6.65. The van der Waals surface area contributed by atoms with Crippen LogP contribution in [0.15, 0.2) is 29.7 Å². The van der Waals surface area contributed by atoms with E-state index in [2.05, 4.69) is 25.5 Å². The van der Waals surface area contributed by atoms with E-state index in [9.17, 15) is 4.79 Å². The minimum absolute atomic E-state index is 0.119. The molecule has 2 heterocycles. The van der Waals surface area contributed by atoms with E-state index >= 15 is 0 Å². The van der Waals surface area contributed by atoms with Crippen molar-refractivity contribution in [1.82, 2.24) is 25.5 Å². The number of carbonyl (C=O) groups excluding carboxylic acids is 1. The van der Waals surface area contributed by atoms with Crippen LogP contribution in [0.4, 0.5) is 0 Å². The van der Waals surface area contributed by atoms with Gasteiger partial charge in [0.1, 0.15) is 17.2 Å². The van der Waals surface area contributed by atoms with E-state index in [1.165, 1.54) is 18.1 Å². The van der Waals surface area contributed by atoms with E-state index in [0.29, 0.717) is 18.5 Å². The number of H-pyrrole nitrogens is 1. The van der Waals surface area contributed by atoms with Gasteiger partial charge in [-0.05, 0) is 18.4 Å². The third-order valence-electron chi connectivity index (χ3n) is 2.32. The van der Waals surface area contributed by atoms with Crippen LogP contribution in [0.25, 0.3) is 0 Å². The monoisotopic (exact) mass is 263 g/mol. The quantitative estimate of drug-likeness (QED) is 0.783. The standard InChI is InChI=1S/C11H13N5OS/c1-18-11-8(3-2-5-13-11)10(17)12-6-4-9-14-7-15-16-9/h2-3,5,7H,4,6H2,1H3,(H,12,17)(H,14,15,16). The van der Waals surface area contributed by atoms with E-state index in [0.717, 1.165) is 10.9 Å². The van der Waals surface area contributed by atoms with E-state index in [4.69, 9.17) is 0 Å². The smallest absolute Gasteiger partial charge is 0.254 e. The van der Waals surface area contributed by atoms with Crippen molar-refractivity contribution in [2.24, 2.45) is 0 Å². The van der Waals surface area contributed by atoms with Crippen LogP contribution < -0.4 is 5.32 Å². The summed E-state index contributed by atoms with van der Waals surface area (Å²) in [7, 11) is 0. The van der Waals surface area contributed by atoms with Gasteiger partial charge < -0.3 is 5.32 Å². The molecule has 6 nitrogen and oxygen atoms in total. The van der Waals surface area contributed by atoms with Crippen molar-refractivity contribution in [3.8, 4) is 0 Å². The molecule has 2 aromatic rings. The first-order valence-electron chi connectivity index (χ1n) is 5.42. The first-order chi connectivity index (χ1) is 8.81. The Morgan fingerprint density at radius 2 is 2.39 bits per heavy atom. The molecule has 94 valence electrons. The van der Waals surface area contributed by atoms with E-state index in [1.807, 2.05) is 6.26 Å². The van der Waals surface area contributed by atoms with Crippen LogP contribution >= 0.6 is 11.8 Å². The van der Waals surface area contributed by atoms with Crippen molar-refractivity contribution in [3.63, 3.8) is 0 Å². The molecule has 0 radical (unpaired) electrons. The number of nitrogens with one attached hydrogen (secondary N) is 2. The number of hydrogen-bond donors (Lipinski definition) is 2. The second-order valence-electron chi connectivity index (χ2n) is 3.50. The summed E-state index contributed by atoms with van der Waals surface area (Å²) in [6, 6.07) is 3.52. The van der Waals surface area contributed by atoms with Gasteiger partial charge in [0.15, 0.2) is 0 Å². The van der Waals surface area contributed by atoms with Gasteiger partial charge in [0, 0.05) is 19.2 Å². The Balaban J connectivity index is 1.91. The highest BCUT2D eigenvalue weighted by Gasteiger charge is 2.10. The Labute approximate surface area is 109 Å². The summed E-state index contributed by atoms with van der Waals surface area (Å²) >= 11 is 1.45. The van der Waals surface area contributed by atoms with Crippen LogP contribution in [0, 0.1) is 0 Å². The van der Waals surface area contributed by atoms with E-state index < -0.39 is 0 Å². The third-order valence-corrected chi connectivity index (χ3v) is 3.03. The molecule has 2 N–H and O–H groups in total. The molecule has 1 amide bonds. The second kappa shape index (κ2) is 6.15. The Morgan fingerprint density at radius 3 is 3.11 bits per heavy atom. The lowest BCUT2D eigenvalue weighted by molar-refractivity contribution is 0.0950. The minimum Gasteiger partial charge on any atom is -0.352 e. The number of rotatable bonds is 5. The van der Waals surface area contributed by atoms with Crippen molar-refractivity contribution < 1.29 is 4.79 Å². The average Bonchev–Trinajstić information content (AvgIpc) is 2.91. The zero-order chi connectivity index (χ0) is 12.8. The number of hydrogen-bond acceptors (Lipinski definition) is 5. The van der Waals surface area contributed by atoms with Crippen molar-refractivity contribution in [2.75, 3.05) is 12.8 Å². The molecule has 0 saturated carbocycles. The second-order valence-corrected chi connectivity index (χ2v) is 4.29. The van der Waals surface area contributed by atoms with Gasteiger partial charge in [-0.1, -0.05) is 0 Å². The number of aromatic nitrogens is 4. The van der Waals surface area contributed by atoms with E-state index in [1.54, 1.807) is 18.3 Å². The molecule has 0 unspecified atom stereocenters. The predicted octanol–water partition coefficient (Wildman–Crippen LogP) is 0.894. The fraction of sp³-hybridized carbons (Fsp3) is 0.273. The van der Waals surface area contributed by atoms with Gasteiger partial charge in [-0.25, -0.2) is 9.97 Å². The molecular formula is C11H13N5OS. The zero-order valence-corrected chi connectivity index (χ0v) is 10.7. The predicted molar refractivity (Wildman–Crippen MR) is 68.4 cm³/mol. The maximum absolute atomic E-state index is 11.9. The summed E-state index contributed by atoms with van der Waals surface area (Å²) in [5.74, 6) is 0.638. The van der Waals surface area contributed by atoms with Crippen LogP contribution in [0.2, 0.25) is 0 Å². The lowest BCUT2D eigenvalue weighted by atomic mass is 10.2.